The van der Waals surface area contributed by atoms with Crippen molar-refractivity contribution in [1.82, 2.24) is 0 Å². The molecule has 27 heavy (non-hydrogen) atoms. The van der Waals surface area contributed by atoms with Crippen LogP contribution in [0.2, 0.25) is 0 Å². The van der Waals surface area contributed by atoms with Gasteiger partial charge in [-0.25, -0.2) is 4.39 Å². The lowest BCUT2D eigenvalue weighted by atomic mass is 9.77. The third-order valence-corrected chi connectivity index (χ3v) is 6.17. The third-order valence-electron chi connectivity index (χ3n) is 6.17. The molecule has 0 unspecified atom stereocenters. The number of rotatable bonds is 7. The zero-order chi connectivity index (χ0) is 19.1. The fraction of sp³-hybridized carbons (Fsp3) is 0.462. The molecule has 2 aromatic carbocycles. The summed E-state index contributed by atoms with van der Waals surface area (Å²) in [5.41, 5.74) is 2.23. The van der Waals surface area contributed by atoms with Crippen LogP contribution in [-0.4, -0.2) is 0 Å². The predicted molar refractivity (Wildman–Crippen MR) is 116 cm³/mol. The molecule has 0 aliphatic heterocycles. The zero-order valence-corrected chi connectivity index (χ0v) is 16.9. The van der Waals surface area contributed by atoms with E-state index in [0.717, 1.165) is 35.1 Å². The van der Waals surface area contributed by atoms with E-state index in [1.807, 2.05) is 25.1 Å². The average Bonchev–Trinajstić information content (AvgIpc) is 2.70. The highest BCUT2D eigenvalue weighted by Crippen LogP contribution is 2.38. The summed E-state index contributed by atoms with van der Waals surface area (Å²) in [4.78, 5) is 0. The number of fused-ring (bicyclic) bond motifs is 1. The highest BCUT2D eigenvalue weighted by molar-refractivity contribution is 5.84. The van der Waals surface area contributed by atoms with Crippen LogP contribution in [-0.2, 0) is 6.42 Å². The first kappa shape index (κ1) is 19.9. The molecule has 1 aliphatic rings. The summed E-state index contributed by atoms with van der Waals surface area (Å²) in [6, 6.07) is 10.5. The quantitative estimate of drug-likeness (QED) is 0.435. The summed E-state index contributed by atoms with van der Waals surface area (Å²) in [6.07, 6.45) is 18.0. The monoisotopic (exact) mass is 364 g/mol. The van der Waals surface area contributed by atoms with Gasteiger partial charge >= 0.3 is 0 Å². The molecule has 0 atom stereocenters. The standard InChI is InChI=1S/C26H33F/c1-3-5-7-9-20-11-13-21(14-12-20)23-17-18-25-24(19-23)16-15-22(26(25)27)10-8-6-4-2/h3-6,15-21H,7-14H2,1-2H3/b5-3+,6-4+. The fourth-order valence-corrected chi connectivity index (χ4v) is 4.49. The molecule has 0 spiro atoms. The molecule has 0 radical (unpaired) electrons. The summed E-state index contributed by atoms with van der Waals surface area (Å²) < 4.78 is 14.8. The minimum atomic E-state index is -0.0313. The minimum absolute atomic E-state index is 0.0313. The molecule has 0 aromatic heterocycles. The topological polar surface area (TPSA) is 0 Å². The van der Waals surface area contributed by atoms with Crippen molar-refractivity contribution in [2.75, 3.05) is 0 Å². The van der Waals surface area contributed by atoms with Crippen LogP contribution in [0.1, 0.15) is 75.8 Å². The molecular formula is C26H33F. The Hall–Kier alpha value is -1.89. The Kier molecular flexibility index (Phi) is 7.26. The number of benzene rings is 2. The lowest BCUT2D eigenvalue weighted by Gasteiger charge is -2.29. The largest absolute Gasteiger partial charge is 0.206 e. The number of halogens is 1. The van der Waals surface area contributed by atoms with Crippen molar-refractivity contribution in [1.29, 1.82) is 0 Å². The first-order chi connectivity index (χ1) is 13.2. The molecule has 0 saturated heterocycles. The molecule has 1 aliphatic carbocycles. The molecule has 144 valence electrons. The van der Waals surface area contributed by atoms with Gasteiger partial charge < -0.3 is 0 Å². The van der Waals surface area contributed by atoms with Gasteiger partial charge in [0.2, 0.25) is 0 Å². The van der Waals surface area contributed by atoms with Crippen molar-refractivity contribution < 1.29 is 4.39 Å². The number of allylic oxidation sites excluding steroid dienone is 4. The van der Waals surface area contributed by atoms with Crippen LogP contribution in [0.5, 0.6) is 0 Å². The van der Waals surface area contributed by atoms with E-state index in [-0.39, 0.29) is 5.82 Å². The van der Waals surface area contributed by atoms with Gasteiger partial charge in [0.25, 0.3) is 0 Å². The van der Waals surface area contributed by atoms with E-state index in [4.69, 9.17) is 0 Å². The number of hydrogen-bond acceptors (Lipinski definition) is 0. The highest BCUT2D eigenvalue weighted by Gasteiger charge is 2.22. The summed E-state index contributed by atoms with van der Waals surface area (Å²) >= 11 is 0. The van der Waals surface area contributed by atoms with Crippen molar-refractivity contribution in [3.8, 4) is 0 Å². The van der Waals surface area contributed by atoms with Crippen molar-refractivity contribution in [3.63, 3.8) is 0 Å². The Balaban J connectivity index is 1.67. The Morgan fingerprint density at radius 2 is 1.67 bits per heavy atom. The molecule has 0 nitrogen and oxygen atoms in total. The van der Waals surface area contributed by atoms with Crippen molar-refractivity contribution in [3.05, 3.63) is 71.6 Å². The smallest absolute Gasteiger partial charge is 0.134 e. The SMILES string of the molecule is C/C=C/CCc1ccc2cc(C3CCC(CC/C=C/C)CC3)ccc2c1F. The van der Waals surface area contributed by atoms with Crippen LogP contribution in [0.3, 0.4) is 0 Å². The molecule has 0 heterocycles. The molecule has 2 aromatic rings. The molecule has 1 saturated carbocycles. The van der Waals surface area contributed by atoms with Gasteiger partial charge in [0.05, 0.1) is 0 Å². The second kappa shape index (κ2) is 9.88. The van der Waals surface area contributed by atoms with E-state index in [1.54, 1.807) is 0 Å². The van der Waals surface area contributed by atoms with Crippen LogP contribution < -0.4 is 0 Å². The van der Waals surface area contributed by atoms with Crippen LogP contribution in [0.4, 0.5) is 4.39 Å². The fourth-order valence-electron chi connectivity index (χ4n) is 4.49. The van der Waals surface area contributed by atoms with Gasteiger partial charge in [-0.2, -0.15) is 0 Å². The van der Waals surface area contributed by atoms with Gasteiger partial charge in [-0.1, -0.05) is 54.6 Å². The van der Waals surface area contributed by atoms with Crippen molar-refractivity contribution in [2.45, 2.75) is 71.1 Å². The lowest BCUT2D eigenvalue weighted by Crippen LogP contribution is -2.13. The van der Waals surface area contributed by atoms with Gasteiger partial charge in [-0.15, -0.1) is 0 Å². The van der Waals surface area contributed by atoms with E-state index in [2.05, 4.69) is 43.4 Å². The molecule has 1 fully saturated rings. The maximum atomic E-state index is 14.8. The van der Waals surface area contributed by atoms with E-state index in [0.29, 0.717) is 5.92 Å². The average molecular weight is 365 g/mol. The first-order valence-corrected chi connectivity index (χ1v) is 10.7. The highest BCUT2D eigenvalue weighted by atomic mass is 19.1. The summed E-state index contributed by atoms with van der Waals surface area (Å²) in [5.74, 6) is 1.50. The Morgan fingerprint density at radius 3 is 2.41 bits per heavy atom. The molecule has 0 N–H and O–H groups in total. The summed E-state index contributed by atoms with van der Waals surface area (Å²) in [7, 11) is 0. The normalized spacial score (nSPS) is 20.9. The maximum absolute atomic E-state index is 14.8. The first-order valence-electron chi connectivity index (χ1n) is 10.7. The van der Waals surface area contributed by atoms with Gasteiger partial charge in [0.1, 0.15) is 5.82 Å². The van der Waals surface area contributed by atoms with E-state index in [9.17, 15) is 4.39 Å². The number of hydrogen-bond donors (Lipinski definition) is 0. The Morgan fingerprint density at radius 1 is 0.926 bits per heavy atom. The summed E-state index contributed by atoms with van der Waals surface area (Å²) in [6.45, 7) is 4.11. The Labute approximate surface area is 164 Å². The minimum Gasteiger partial charge on any atom is -0.206 e. The van der Waals surface area contributed by atoms with E-state index in [1.165, 1.54) is 44.1 Å². The zero-order valence-electron chi connectivity index (χ0n) is 16.9. The second-order valence-electron chi connectivity index (χ2n) is 7.99. The van der Waals surface area contributed by atoms with E-state index >= 15 is 0 Å². The lowest BCUT2D eigenvalue weighted by molar-refractivity contribution is 0.312. The maximum Gasteiger partial charge on any atom is 0.134 e. The number of aryl methyl sites for hydroxylation is 1. The molecule has 1 heteroatoms. The van der Waals surface area contributed by atoms with Crippen LogP contribution in [0.25, 0.3) is 10.8 Å². The van der Waals surface area contributed by atoms with Gasteiger partial charge in [0.15, 0.2) is 0 Å². The molecular weight excluding hydrogens is 331 g/mol. The molecule has 0 amide bonds. The van der Waals surface area contributed by atoms with Crippen LogP contribution in [0, 0.1) is 11.7 Å². The van der Waals surface area contributed by atoms with Gasteiger partial charge in [0, 0.05) is 5.39 Å². The van der Waals surface area contributed by atoms with Crippen molar-refractivity contribution >= 4 is 10.8 Å². The second-order valence-corrected chi connectivity index (χ2v) is 7.99. The van der Waals surface area contributed by atoms with E-state index < -0.39 is 0 Å². The van der Waals surface area contributed by atoms with Crippen molar-refractivity contribution in [2.24, 2.45) is 5.92 Å². The Bertz CT molecular complexity index is 791. The predicted octanol–water partition coefficient (Wildman–Crippen LogP) is 8.12. The van der Waals surface area contributed by atoms with Crippen LogP contribution >= 0.6 is 0 Å². The summed E-state index contributed by atoms with van der Waals surface area (Å²) in [5, 5.41) is 1.83. The van der Waals surface area contributed by atoms with Gasteiger partial charge in [-0.05, 0) is 93.6 Å². The molecule has 0 bridgehead atoms. The van der Waals surface area contributed by atoms with Gasteiger partial charge in [-0.3, -0.25) is 0 Å². The van der Waals surface area contributed by atoms with Crippen LogP contribution in [0.15, 0.2) is 54.6 Å². The molecule has 3 rings (SSSR count). The third kappa shape index (κ3) is 5.09.